The van der Waals surface area contributed by atoms with Crippen molar-refractivity contribution in [3.63, 3.8) is 0 Å². The van der Waals surface area contributed by atoms with E-state index in [0.717, 1.165) is 24.8 Å². The van der Waals surface area contributed by atoms with Gasteiger partial charge < -0.3 is 20.1 Å². The molecule has 0 aliphatic heterocycles. The fraction of sp³-hybridized carbons (Fsp3) is 0.423. The van der Waals surface area contributed by atoms with Gasteiger partial charge in [0.1, 0.15) is 11.8 Å². The molecule has 0 saturated carbocycles. The van der Waals surface area contributed by atoms with Gasteiger partial charge in [-0.25, -0.2) is 4.79 Å². The van der Waals surface area contributed by atoms with Gasteiger partial charge in [-0.15, -0.1) is 0 Å². The second-order valence-corrected chi connectivity index (χ2v) is 8.47. The van der Waals surface area contributed by atoms with Crippen LogP contribution in [0.4, 0.5) is 0 Å². The molecule has 0 spiro atoms. The highest BCUT2D eigenvalue weighted by molar-refractivity contribution is 5.97. The van der Waals surface area contributed by atoms with E-state index >= 15 is 0 Å². The van der Waals surface area contributed by atoms with Crippen molar-refractivity contribution in [1.82, 2.24) is 10.6 Å². The molecule has 2 aromatic rings. The largest absolute Gasteiger partial charge is 0.494 e. The van der Waals surface area contributed by atoms with Crippen LogP contribution in [0.25, 0.3) is 0 Å². The molecule has 2 aromatic carbocycles. The average Bonchev–Trinajstić information content (AvgIpc) is 2.81. The van der Waals surface area contributed by atoms with Gasteiger partial charge in [0.15, 0.2) is 6.61 Å². The third kappa shape index (κ3) is 6.57. The normalized spacial score (nSPS) is 15.8. The molecule has 0 heterocycles. The van der Waals surface area contributed by atoms with E-state index in [0.29, 0.717) is 17.9 Å². The quantitative estimate of drug-likeness (QED) is 0.567. The second kappa shape index (κ2) is 11.5. The molecule has 33 heavy (non-hydrogen) atoms. The lowest BCUT2D eigenvalue weighted by atomic mass is 9.88. The van der Waals surface area contributed by atoms with Gasteiger partial charge in [0.2, 0.25) is 0 Å². The summed E-state index contributed by atoms with van der Waals surface area (Å²) in [5.41, 5.74) is 2.76. The lowest BCUT2D eigenvalue weighted by Crippen LogP contribution is -2.46. The summed E-state index contributed by atoms with van der Waals surface area (Å²) in [5.74, 6) is -0.927. The van der Waals surface area contributed by atoms with E-state index in [-0.39, 0.29) is 24.5 Å². The highest BCUT2D eigenvalue weighted by Gasteiger charge is 2.27. The standard InChI is InChI=1S/C26H32N2O5/c1-4-32-20-14-12-19(13-15-20)25(30)28-24(17(2)3)26(31)33-16-23(29)27-22-11-7-9-18-8-5-6-10-21(18)22/h5-6,8,10,12-15,17,22,24H,4,7,9,11,16H2,1-3H3,(H,27,29)(H,28,30)/t22?,24-/m0/s1. The maximum absolute atomic E-state index is 12.6. The van der Waals surface area contributed by atoms with Gasteiger partial charge in [0.05, 0.1) is 12.6 Å². The van der Waals surface area contributed by atoms with Crippen molar-refractivity contribution >= 4 is 17.8 Å². The number of hydrogen-bond acceptors (Lipinski definition) is 5. The first-order valence-corrected chi connectivity index (χ1v) is 11.5. The minimum absolute atomic E-state index is 0.0820. The minimum atomic E-state index is -0.868. The van der Waals surface area contributed by atoms with Crippen LogP contribution in [-0.2, 0) is 20.7 Å². The minimum Gasteiger partial charge on any atom is -0.494 e. The van der Waals surface area contributed by atoms with E-state index in [4.69, 9.17) is 9.47 Å². The van der Waals surface area contributed by atoms with Crippen molar-refractivity contribution in [2.24, 2.45) is 5.92 Å². The summed E-state index contributed by atoms with van der Waals surface area (Å²) in [6.45, 7) is 5.65. The smallest absolute Gasteiger partial charge is 0.329 e. The molecule has 2 atom stereocenters. The zero-order chi connectivity index (χ0) is 23.8. The fourth-order valence-corrected chi connectivity index (χ4v) is 3.96. The van der Waals surface area contributed by atoms with Crippen molar-refractivity contribution in [1.29, 1.82) is 0 Å². The van der Waals surface area contributed by atoms with Gasteiger partial charge in [0, 0.05) is 5.56 Å². The highest BCUT2D eigenvalue weighted by Crippen LogP contribution is 2.29. The maximum Gasteiger partial charge on any atom is 0.329 e. The first-order chi connectivity index (χ1) is 15.9. The number of carbonyl (C=O) groups is 3. The first kappa shape index (κ1) is 24.3. The Morgan fingerprint density at radius 1 is 1.06 bits per heavy atom. The van der Waals surface area contributed by atoms with Crippen molar-refractivity contribution in [3.8, 4) is 5.75 Å². The molecule has 3 rings (SSSR count). The van der Waals surface area contributed by atoms with Crippen LogP contribution in [0.1, 0.15) is 61.1 Å². The summed E-state index contributed by atoms with van der Waals surface area (Å²) in [4.78, 5) is 37.7. The van der Waals surface area contributed by atoms with E-state index in [2.05, 4.69) is 16.7 Å². The Balaban J connectivity index is 1.54. The predicted molar refractivity (Wildman–Crippen MR) is 125 cm³/mol. The number of hydrogen-bond donors (Lipinski definition) is 2. The zero-order valence-corrected chi connectivity index (χ0v) is 19.4. The van der Waals surface area contributed by atoms with Crippen molar-refractivity contribution < 1.29 is 23.9 Å². The first-order valence-electron chi connectivity index (χ1n) is 11.5. The lowest BCUT2D eigenvalue weighted by molar-refractivity contribution is -0.151. The predicted octanol–water partition coefficient (Wildman–Crippen LogP) is 3.58. The molecule has 1 aliphatic rings. The molecule has 0 aromatic heterocycles. The van der Waals surface area contributed by atoms with Crippen LogP contribution in [0.5, 0.6) is 5.75 Å². The fourth-order valence-electron chi connectivity index (χ4n) is 3.96. The van der Waals surface area contributed by atoms with Crippen molar-refractivity contribution in [2.75, 3.05) is 13.2 Å². The Bertz CT molecular complexity index is 971. The number of benzene rings is 2. The SMILES string of the molecule is CCOc1ccc(C(=O)N[C@H](C(=O)OCC(=O)NC2CCCc3ccccc32)C(C)C)cc1. The Hall–Kier alpha value is -3.35. The summed E-state index contributed by atoms with van der Waals surface area (Å²) in [5, 5.41) is 5.68. The number of ether oxygens (including phenoxy) is 2. The molecule has 0 radical (unpaired) electrons. The number of esters is 1. The molecule has 0 fully saturated rings. The number of rotatable bonds is 9. The molecule has 2 N–H and O–H groups in total. The molecule has 1 aliphatic carbocycles. The molecule has 7 nitrogen and oxygen atoms in total. The number of nitrogens with one attached hydrogen (secondary N) is 2. The van der Waals surface area contributed by atoms with E-state index in [1.54, 1.807) is 24.3 Å². The van der Waals surface area contributed by atoms with Crippen LogP contribution in [-0.4, -0.2) is 37.0 Å². The van der Waals surface area contributed by atoms with Crippen LogP contribution < -0.4 is 15.4 Å². The Morgan fingerprint density at radius 3 is 2.48 bits per heavy atom. The third-order valence-electron chi connectivity index (χ3n) is 5.68. The zero-order valence-electron chi connectivity index (χ0n) is 19.4. The summed E-state index contributed by atoms with van der Waals surface area (Å²) < 4.78 is 10.6. The monoisotopic (exact) mass is 452 g/mol. The molecule has 0 saturated heterocycles. The average molecular weight is 453 g/mol. The summed E-state index contributed by atoms with van der Waals surface area (Å²) in [7, 11) is 0. The Labute approximate surface area is 194 Å². The van der Waals surface area contributed by atoms with E-state index in [1.165, 1.54) is 5.56 Å². The van der Waals surface area contributed by atoms with Gasteiger partial charge in [-0.3, -0.25) is 9.59 Å². The number of carbonyl (C=O) groups excluding carboxylic acids is 3. The maximum atomic E-state index is 12.6. The van der Waals surface area contributed by atoms with E-state index in [9.17, 15) is 14.4 Å². The number of amides is 2. The summed E-state index contributed by atoms with van der Waals surface area (Å²) in [6, 6.07) is 13.8. The molecule has 1 unspecified atom stereocenters. The van der Waals surface area contributed by atoms with Crippen LogP contribution in [0.2, 0.25) is 0 Å². The number of aryl methyl sites for hydroxylation is 1. The molecule has 176 valence electrons. The van der Waals surface area contributed by atoms with Gasteiger partial charge >= 0.3 is 5.97 Å². The molecule has 0 bridgehead atoms. The summed E-state index contributed by atoms with van der Waals surface area (Å²) >= 11 is 0. The van der Waals surface area contributed by atoms with Crippen molar-refractivity contribution in [3.05, 3.63) is 65.2 Å². The van der Waals surface area contributed by atoms with Gasteiger partial charge in [-0.1, -0.05) is 38.1 Å². The third-order valence-corrected chi connectivity index (χ3v) is 5.68. The highest BCUT2D eigenvalue weighted by atomic mass is 16.5. The Kier molecular flexibility index (Phi) is 8.46. The van der Waals surface area contributed by atoms with Crippen LogP contribution in [0.15, 0.2) is 48.5 Å². The van der Waals surface area contributed by atoms with Crippen LogP contribution in [0.3, 0.4) is 0 Å². The molecular weight excluding hydrogens is 420 g/mol. The van der Waals surface area contributed by atoms with E-state index < -0.39 is 17.9 Å². The number of fused-ring (bicyclic) bond motifs is 1. The van der Waals surface area contributed by atoms with Crippen molar-refractivity contribution in [2.45, 2.75) is 52.1 Å². The van der Waals surface area contributed by atoms with Gasteiger partial charge in [-0.2, -0.15) is 0 Å². The van der Waals surface area contributed by atoms with Gasteiger partial charge in [-0.05, 0) is 67.5 Å². The Morgan fingerprint density at radius 2 is 1.79 bits per heavy atom. The van der Waals surface area contributed by atoms with E-state index in [1.807, 2.05) is 39.0 Å². The van der Waals surface area contributed by atoms with Crippen LogP contribution >= 0.6 is 0 Å². The summed E-state index contributed by atoms with van der Waals surface area (Å²) in [6.07, 6.45) is 2.85. The molecular formula is C26H32N2O5. The van der Waals surface area contributed by atoms with Gasteiger partial charge in [0.25, 0.3) is 11.8 Å². The molecule has 2 amide bonds. The molecule has 7 heteroatoms. The lowest BCUT2D eigenvalue weighted by Gasteiger charge is -2.26. The second-order valence-electron chi connectivity index (χ2n) is 8.47. The topological polar surface area (TPSA) is 93.7 Å². The van der Waals surface area contributed by atoms with Crippen LogP contribution in [0, 0.1) is 5.92 Å².